The van der Waals surface area contributed by atoms with Gasteiger partial charge in [0.15, 0.2) is 17.5 Å². The van der Waals surface area contributed by atoms with E-state index in [2.05, 4.69) is 49.4 Å². The molecular weight excluding hydrogens is 493 g/mol. The lowest BCUT2D eigenvalue weighted by atomic mass is 10.1. The second-order valence-corrected chi connectivity index (χ2v) is 6.39. The largest absolute Gasteiger partial charge is 0.493 e. The van der Waals surface area contributed by atoms with Gasteiger partial charge in [-0.3, -0.25) is 4.99 Å². The van der Waals surface area contributed by atoms with Crippen LogP contribution in [0, 0.1) is 0 Å². The average Bonchev–Trinajstić information content (AvgIpc) is 3.23. The van der Waals surface area contributed by atoms with E-state index >= 15 is 0 Å². The van der Waals surface area contributed by atoms with E-state index in [-0.39, 0.29) is 24.0 Å². The van der Waals surface area contributed by atoms with Gasteiger partial charge < -0.3 is 24.7 Å². The Bertz CT molecular complexity index is 944. The van der Waals surface area contributed by atoms with Gasteiger partial charge in [-0.15, -0.1) is 24.0 Å². The van der Waals surface area contributed by atoms with E-state index in [4.69, 9.17) is 9.47 Å². The molecule has 30 heavy (non-hydrogen) atoms. The molecule has 2 aromatic carbocycles. The van der Waals surface area contributed by atoms with Crippen molar-refractivity contribution in [2.24, 2.45) is 4.99 Å². The van der Waals surface area contributed by atoms with Crippen LogP contribution in [0.1, 0.15) is 11.4 Å². The average molecular weight is 521 g/mol. The second kappa shape index (κ2) is 12.1. The Labute approximate surface area is 194 Å². The van der Waals surface area contributed by atoms with Crippen molar-refractivity contribution in [3.05, 3.63) is 72.3 Å². The van der Waals surface area contributed by atoms with Gasteiger partial charge >= 0.3 is 0 Å². The van der Waals surface area contributed by atoms with Crippen LogP contribution in [0.15, 0.2) is 65.9 Å². The van der Waals surface area contributed by atoms with E-state index < -0.39 is 0 Å². The van der Waals surface area contributed by atoms with E-state index in [0.29, 0.717) is 24.0 Å². The van der Waals surface area contributed by atoms with Crippen LogP contribution in [0.3, 0.4) is 0 Å². The van der Waals surface area contributed by atoms with Crippen LogP contribution in [0.4, 0.5) is 5.69 Å². The Morgan fingerprint density at radius 1 is 1.07 bits per heavy atom. The minimum Gasteiger partial charge on any atom is -0.493 e. The van der Waals surface area contributed by atoms with Crippen LogP contribution in [-0.2, 0) is 19.5 Å². The molecule has 3 rings (SSSR count). The maximum Gasteiger partial charge on any atom is 0.195 e. The molecule has 2 N–H and O–H groups in total. The van der Waals surface area contributed by atoms with Gasteiger partial charge in [0.25, 0.3) is 0 Å². The number of aryl methyl sites for hydroxylation is 2. The summed E-state index contributed by atoms with van der Waals surface area (Å²) in [4.78, 5) is 8.76. The highest BCUT2D eigenvalue weighted by Crippen LogP contribution is 2.29. The Morgan fingerprint density at radius 3 is 2.53 bits per heavy atom. The fourth-order valence-corrected chi connectivity index (χ4v) is 3.00. The Kier molecular flexibility index (Phi) is 9.46. The fraction of sp³-hybridized carbons (Fsp3) is 0.273. The van der Waals surface area contributed by atoms with Gasteiger partial charge in [0, 0.05) is 37.7 Å². The summed E-state index contributed by atoms with van der Waals surface area (Å²) in [5.74, 6) is 2.94. The standard InChI is InChI=1S/C22H27N5O2.HI/c1-23-22(26-18-9-10-19(28-2)20(15-18)29-3)25-16-21-24-12-14-27(21)13-11-17-7-5-4-6-8-17;/h4-10,12,14-15H,11,13,16H2,1-3H3,(H2,23,25,26);1H. The smallest absolute Gasteiger partial charge is 0.195 e. The molecule has 0 aliphatic heterocycles. The Hall–Kier alpha value is -2.75. The number of ether oxygens (including phenoxy) is 2. The lowest BCUT2D eigenvalue weighted by Crippen LogP contribution is -2.31. The predicted octanol–water partition coefficient (Wildman–Crippen LogP) is 3.95. The Balaban J connectivity index is 0.00000320. The van der Waals surface area contributed by atoms with Crippen molar-refractivity contribution in [3.8, 4) is 11.5 Å². The van der Waals surface area contributed by atoms with Crippen molar-refractivity contribution >= 4 is 35.6 Å². The van der Waals surface area contributed by atoms with Crippen LogP contribution < -0.4 is 20.1 Å². The SMILES string of the molecule is CN=C(NCc1nccn1CCc1ccccc1)Nc1ccc(OC)c(OC)c1.I. The molecule has 0 aliphatic rings. The number of guanidine groups is 1. The summed E-state index contributed by atoms with van der Waals surface area (Å²) in [6, 6.07) is 16.1. The van der Waals surface area contributed by atoms with Crippen molar-refractivity contribution in [3.63, 3.8) is 0 Å². The quantitative estimate of drug-likeness (QED) is 0.267. The Morgan fingerprint density at radius 2 is 1.83 bits per heavy atom. The highest BCUT2D eigenvalue weighted by atomic mass is 127. The second-order valence-electron chi connectivity index (χ2n) is 6.39. The zero-order valence-corrected chi connectivity index (χ0v) is 19.8. The molecule has 0 spiro atoms. The summed E-state index contributed by atoms with van der Waals surface area (Å²) in [5.41, 5.74) is 2.16. The first-order chi connectivity index (χ1) is 14.2. The molecule has 3 aromatic rings. The van der Waals surface area contributed by atoms with Crippen LogP contribution in [0.2, 0.25) is 0 Å². The summed E-state index contributed by atoms with van der Waals surface area (Å²) in [6.45, 7) is 1.44. The molecule has 1 heterocycles. The number of nitrogens with zero attached hydrogens (tertiary/aromatic N) is 3. The number of aliphatic imine (C=N–C) groups is 1. The lowest BCUT2D eigenvalue weighted by Gasteiger charge is -2.14. The first-order valence-corrected chi connectivity index (χ1v) is 9.47. The van der Waals surface area contributed by atoms with Gasteiger partial charge in [-0.2, -0.15) is 0 Å². The number of nitrogens with one attached hydrogen (secondary N) is 2. The van der Waals surface area contributed by atoms with E-state index in [1.54, 1.807) is 21.3 Å². The minimum absolute atomic E-state index is 0. The molecule has 0 bridgehead atoms. The summed E-state index contributed by atoms with van der Waals surface area (Å²) >= 11 is 0. The zero-order chi connectivity index (χ0) is 20.5. The number of rotatable bonds is 8. The molecule has 160 valence electrons. The van der Waals surface area contributed by atoms with Gasteiger partial charge in [-0.1, -0.05) is 30.3 Å². The highest BCUT2D eigenvalue weighted by molar-refractivity contribution is 14.0. The first kappa shape index (κ1) is 23.5. The molecule has 0 atom stereocenters. The maximum absolute atomic E-state index is 5.35. The molecule has 1 aromatic heterocycles. The number of hydrogen-bond donors (Lipinski definition) is 2. The van der Waals surface area contributed by atoms with Gasteiger partial charge in [0.1, 0.15) is 5.82 Å². The van der Waals surface area contributed by atoms with Crippen LogP contribution in [0.5, 0.6) is 11.5 Å². The van der Waals surface area contributed by atoms with Crippen molar-refractivity contribution < 1.29 is 9.47 Å². The number of benzene rings is 2. The molecule has 0 unspecified atom stereocenters. The lowest BCUT2D eigenvalue weighted by molar-refractivity contribution is 0.355. The van der Waals surface area contributed by atoms with Crippen LogP contribution in [-0.4, -0.2) is 36.8 Å². The molecule has 7 nitrogen and oxygen atoms in total. The van der Waals surface area contributed by atoms with E-state index in [9.17, 15) is 0 Å². The summed E-state index contributed by atoms with van der Waals surface area (Å²) in [7, 11) is 4.97. The molecular formula is C22H28IN5O2. The van der Waals surface area contributed by atoms with Crippen LogP contribution in [0.25, 0.3) is 0 Å². The zero-order valence-electron chi connectivity index (χ0n) is 17.5. The maximum atomic E-state index is 5.35. The number of methoxy groups -OCH3 is 2. The number of imidazole rings is 1. The summed E-state index contributed by atoms with van der Waals surface area (Å²) in [6.07, 6.45) is 4.79. The van der Waals surface area contributed by atoms with Gasteiger partial charge in [0.05, 0.1) is 20.8 Å². The van der Waals surface area contributed by atoms with E-state index in [1.165, 1.54) is 5.56 Å². The topological polar surface area (TPSA) is 72.7 Å². The number of aromatic nitrogens is 2. The monoisotopic (exact) mass is 521 g/mol. The first-order valence-electron chi connectivity index (χ1n) is 9.47. The van der Waals surface area contributed by atoms with E-state index in [1.807, 2.05) is 36.7 Å². The summed E-state index contributed by atoms with van der Waals surface area (Å²) in [5, 5.41) is 6.57. The summed E-state index contributed by atoms with van der Waals surface area (Å²) < 4.78 is 12.8. The molecule has 0 radical (unpaired) electrons. The fourth-order valence-electron chi connectivity index (χ4n) is 3.00. The molecule has 8 heteroatoms. The highest BCUT2D eigenvalue weighted by Gasteiger charge is 2.08. The third kappa shape index (κ3) is 6.38. The van der Waals surface area contributed by atoms with Gasteiger partial charge in [0.2, 0.25) is 0 Å². The molecule has 0 saturated heterocycles. The molecule has 0 fully saturated rings. The number of hydrogen-bond acceptors (Lipinski definition) is 4. The van der Waals surface area contributed by atoms with Gasteiger partial charge in [-0.05, 0) is 24.1 Å². The number of halogens is 1. The van der Waals surface area contributed by atoms with Gasteiger partial charge in [-0.25, -0.2) is 4.98 Å². The molecule has 0 amide bonds. The van der Waals surface area contributed by atoms with Crippen LogP contribution >= 0.6 is 24.0 Å². The van der Waals surface area contributed by atoms with Crippen molar-refractivity contribution in [1.82, 2.24) is 14.9 Å². The molecule has 0 aliphatic carbocycles. The number of anilines is 1. The van der Waals surface area contributed by atoms with Crippen molar-refractivity contribution in [2.75, 3.05) is 26.6 Å². The normalized spacial score (nSPS) is 10.8. The van der Waals surface area contributed by atoms with E-state index in [0.717, 1.165) is 24.5 Å². The minimum atomic E-state index is 0. The predicted molar refractivity (Wildman–Crippen MR) is 131 cm³/mol. The third-order valence-electron chi connectivity index (χ3n) is 4.57. The third-order valence-corrected chi connectivity index (χ3v) is 4.57. The van der Waals surface area contributed by atoms with Crippen molar-refractivity contribution in [2.45, 2.75) is 19.5 Å². The van der Waals surface area contributed by atoms with Crippen molar-refractivity contribution in [1.29, 1.82) is 0 Å². The molecule has 0 saturated carbocycles.